The van der Waals surface area contributed by atoms with Gasteiger partial charge in [0.15, 0.2) is 0 Å². The number of nitrogens with two attached hydrogens (primary N) is 1. The number of likely N-dealkylation sites (tertiary alicyclic amines) is 1. The molecule has 0 unspecified atom stereocenters. The first-order chi connectivity index (χ1) is 9.11. The fraction of sp³-hybridized carbons (Fsp3) is 0.714. The summed E-state index contributed by atoms with van der Waals surface area (Å²) in [7, 11) is 0. The minimum atomic E-state index is -0.585. The molecule has 0 aliphatic carbocycles. The number of rotatable bonds is 2. The van der Waals surface area contributed by atoms with Crippen LogP contribution in [0.2, 0.25) is 0 Å². The van der Waals surface area contributed by atoms with Crippen molar-refractivity contribution in [3.05, 3.63) is 17.0 Å². The lowest BCUT2D eigenvalue weighted by atomic mass is 10.0. The summed E-state index contributed by atoms with van der Waals surface area (Å²) in [6.07, 6.45) is 5.88. The van der Waals surface area contributed by atoms with Crippen LogP contribution >= 0.6 is 0 Å². The van der Waals surface area contributed by atoms with Gasteiger partial charge in [0, 0.05) is 24.3 Å². The van der Waals surface area contributed by atoms with E-state index >= 15 is 0 Å². The minimum absolute atomic E-state index is 0.0366. The molecule has 0 saturated carbocycles. The van der Waals surface area contributed by atoms with Gasteiger partial charge in [0.2, 0.25) is 5.91 Å². The Balaban J connectivity index is 2.09. The van der Waals surface area contributed by atoms with E-state index in [0.717, 1.165) is 42.9 Å². The van der Waals surface area contributed by atoms with Gasteiger partial charge in [-0.25, -0.2) is 0 Å². The van der Waals surface area contributed by atoms with E-state index in [2.05, 4.69) is 10.2 Å². The highest BCUT2D eigenvalue weighted by molar-refractivity contribution is 5.83. The van der Waals surface area contributed by atoms with E-state index in [1.165, 1.54) is 19.3 Å². The third-order valence-electron chi connectivity index (χ3n) is 3.93. The molecule has 2 heterocycles. The maximum Gasteiger partial charge on any atom is 0.244 e. The van der Waals surface area contributed by atoms with Crippen LogP contribution in [0.5, 0.6) is 0 Å². The zero-order chi connectivity index (χ0) is 13.8. The van der Waals surface area contributed by atoms with Gasteiger partial charge in [-0.1, -0.05) is 19.3 Å². The van der Waals surface area contributed by atoms with Crippen LogP contribution in [0.4, 0.5) is 0 Å². The number of amides is 1. The fourth-order valence-corrected chi connectivity index (χ4v) is 2.81. The van der Waals surface area contributed by atoms with Gasteiger partial charge in [0.05, 0.1) is 5.69 Å². The Hall–Kier alpha value is -1.36. The van der Waals surface area contributed by atoms with Crippen molar-refractivity contribution < 1.29 is 4.79 Å². The van der Waals surface area contributed by atoms with Crippen LogP contribution in [0.15, 0.2) is 0 Å². The Morgan fingerprint density at radius 1 is 1.21 bits per heavy atom. The molecule has 0 bridgehead atoms. The molecule has 1 amide bonds. The van der Waals surface area contributed by atoms with Crippen LogP contribution in [0.3, 0.4) is 0 Å². The Kier molecular flexibility index (Phi) is 4.58. The average molecular weight is 264 g/mol. The second-order valence-corrected chi connectivity index (χ2v) is 5.42. The molecule has 1 saturated heterocycles. The van der Waals surface area contributed by atoms with Crippen molar-refractivity contribution in [2.24, 2.45) is 5.73 Å². The van der Waals surface area contributed by atoms with Crippen LogP contribution in [0.1, 0.15) is 55.1 Å². The van der Waals surface area contributed by atoms with Gasteiger partial charge in [-0.2, -0.15) is 5.10 Å². The molecular formula is C14H24N4O. The van der Waals surface area contributed by atoms with Crippen molar-refractivity contribution in [2.75, 3.05) is 13.1 Å². The lowest BCUT2D eigenvalue weighted by Crippen LogP contribution is -2.40. The number of aromatic nitrogens is 2. The van der Waals surface area contributed by atoms with Crippen molar-refractivity contribution in [1.29, 1.82) is 0 Å². The summed E-state index contributed by atoms with van der Waals surface area (Å²) in [6.45, 7) is 5.47. The molecule has 1 aliphatic rings. The molecule has 3 N–H and O–H groups in total. The first-order valence-electron chi connectivity index (χ1n) is 7.17. The van der Waals surface area contributed by atoms with E-state index in [4.69, 9.17) is 5.73 Å². The number of carbonyl (C=O) groups excluding carboxylic acids is 1. The van der Waals surface area contributed by atoms with Gasteiger partial charge < -0.3 is 10.6 Å². The van der Waals surface area contributed by atoms with E-state index in [1.807, 2.05) is 18.7 Å². The standard InChI is InChI=1S/C14H24N4O/c1-10-12(11(2)17-16-10)13(15)14(19)18-8-6-4-3-5-7-9-18/h13H,3-9,15H2,1-2H3,(H,16,17)/t13-/m0/s1. The van der Waals surface area contributed by atoms with Gasteiger partial charge in [0.1, 0.15) is 6.04 Å². The van der Waals surface area contributed by atoms with Crippen LogP contribution in [0.25, 0.3) is 0 Å². The zero-order valence-electron chi connectivity index (χ0n) is 11.9. The summed E-state index contributed by atoms with van der Waals surface area (Å²) in [4.78, 5) is 14.5. The highest BCUT2D eigenvalue weighted by Crippen LogP contribution is 2.21. The summed E-state index contributed by atoms with van der Waals surface area (Å²) in [5.41, 5.74) is 8.73. The molecule has 19 heavy (non-hydrogen) atoms. The Bertz CT molecular complexity index is 413. The van der Waals surface area contributed by atoms with Crippen LogP contribution in [-0.4, -0.2) is 34.1 Å². The quantitative estimate of drug-likeness (QED) is 0.855. The molecule has 0 spiro atoms. The van der Waals surface area contributed by atoms with Crippen molar-refractivity contribution in [3.8, 4) is 0 Å². The number of carbonyl (C=O) groups is 1. The third kappa shape index (κ3) is 3.15. The number of hydrogen-bond acceptors (Lipinski definition) is 3. The topological polar surface area (TPSA) is 75.0 Å². The number of aryl methyl sites for hydroxylation is 2. The van der Waals surface area contributed by atoms with Crippen molar-refractivity contribution >= 4 is 5.91 Å². The molecule has 0 aromatic carbocycles. The maximum atomic E-state index is 12.5. The summed E-state index contributed by atoms with van der Waals surface area (Å²) < 4.78 is 0. The van der Waals surface area contributed by atoms with Gasteiger partial charge in [-0.05, 0) is 26.7 Å². The van der Waals surface area contributed by atoms with Crippen LogP contribution in [-0.2, 0) is 4.79 Å². The molecular weight excluding hydrogens is 240 g/mol. The Labute approximate surface area is 114 Å². The van der Waals surface area contributed by atoms with Gasteiger partial charge in [-0.3, -0.25) is 9.89 Å². The SMILES string of the molecule is Cc1n[nH]c(C)c1[C@H](N)C(=O)N1CCCCCCC1. The molecule has 106 valence electrons. The molecule has 1 aromatic rings. The predicted molar refractivity (Wildman–Crippen MR) is 74.7 cm³/mol. The van der Waals surface area contributed by atoms with E-state index in [1.54, 1.807) is 0 Å². The Morgan fingerprint density at radius 3 is 2.32 bits per heavy atom. The summed E-state index contributed by atoms with van der Waals surface area (Å²) in [5.74, 6) is 0.0366. The third-order valence-corrected chi connectivity index (χ3v) is 3.93. The second kappa shape index (κ2) is 6.19. The largest absolute Gasteiger partial charge is 0.341 e. The molecule has 1 aromatic heterocycles. The van der Waals surface area contributed by atoms with Crippen molar-refractivity contribution in [3.63, 3.8) is 0 Å². The number of nitrogens with one attached hydrogen (secondary N) is 1. The summed E-state index contributed by atoms with van der Waals surface area (Å²) in [6, 6.07) is -0.585. The Morgan fingerprint density at radius 2 is 1.79 bits per heavy atom. The second-order valence-electron chi connectivity index (χ2n) is 5.42. The molecule has 1 fully saturated rings. The lowest BCUT2D eigenvalue weighted by molar-refractivity contribution is -0.133. The van der Waals surface area contributed by atoms with Crippen LogP contribution in [0, 0.1) is 13.8 Å². The summed E-state index contributed by atoms with van der Waals surface area (Å²) in [5, 5.41) is 7.02. The van der Waals surface area contributed by atoms with E-state index in [9.17, 15) is 4.79 Å². The number of H-pyrrole nitrogens is 1. The number of nitrogens with zero attached hydrogens (tertiary/aromatic N) is 2. The highest BCUT2D eigenvalue weighted by atomic mass is 16.2. The first kappa shape index (κ1) is 14.1. The minimum Gasteiger partial charge on any atom is -0.341 e. The fourth-order valence-electron chi connectivity index (χ4n) is 2.81. The summed E-state index contributed by atoms with van der Waals surface area (Å²) >= 11 is 0. The van der Waals surface area contributed by atoms with E-state index in [-0.39, 0.29) is 5.91 Å². The highest BCUT2D eigenvalue weighted by Gasteiger charge is 2.26. The van der Waals surface area contributed by atoms with Gasteiger partial charge >= 0.3 is 0 Å². The monoisotopic (exact) mass is 264 g/mol. The van der Waals surface area contributed by atoms with E-state index in [0.29, 0.717) is 0 Å². The smallest absolute Gasteiger partial charge is 0.244 e. The van der Waals surface area contributed by atoms with Gasteiger partial charge in [0.25, 0.3) is 0 Å². The number of aromatic amines is 1. The normalized spacial score (nSPS) is 18.8. The average Bonchev–Trinajstić information content (AvgIpc) is 2.67. The number of hydrogen-bond donors (Lipinski definition) is 2. The lowest BCUT2D eigenvalue weighted by Gasteiger charge is -2.27. The first-order valence-corrected chi connectivity index (χ1v) is 7.17. The van der Waals surface area contributed by atoms with Crippen molar-refractivity contribution in [2.45, 2.75) is 52.0 Å². The van der Waals surface area contributed by atoms with Gasteiger partial charge in [-0.15, -0.1) is 0 Å². The molecule has 2 rings (SSSR count). The predicted octanol–water partition coefficient (Wildman–Crippen LogP) is 1.82. The zero-order valence-corrected chi connectivity index (χ0v) is 11.9. The van der Waals surface area contributed by atoms with Crippen molar-refractivity contribution in [1.82, 2.24) is 15.1 Å². The molecule has 0 radical (unpaired) electrons. The molecule has 1 aliphatic heterocycles. The molecule has 5 heteroatoms. The molecule has 1 atom stereocenters. The van der Waals surface area contributed by atoms with Crippen LogP contribution < -0.4 is 5.73 Å². The van der Waals surface area contributed by atoms with E-state index < -0.39 is 6.04 Å². The molecule has 5 nitrogen and oxygen atoms in total. The maximum absolute atomic E-state index is 12.5.